The number of para-hydroxylation sites is 2. The molecule has 6 aromatic carbocycles. The number of fused-ring (bicyclic) bond motifs is 9. The molecule has 2 heterocycles. The van der Waals surface area contributed by atoms with Crippen molar-refractivity contribution in [2.45, 2.75) is 31.7 Å². The van der Waals surface area contributed by atoms with Gasteiger partial charge in [0.15, 0.2) is 0 Å². The van der Waals surface area contributed by atoms with E-state index in [1.165, 1.54) is 82.3 Å². The third-order valence-electron chi connectivity index (χ3n) is 10.6. The van der Waals surface area contributed by atoms with Crippen LogP contribution in [0.3, 0.4) is 0 Å². The van der Waals surface area contributed by atoms with Crippen LogP contribution in [0.1, 0.15) is 37.4 Å². The van der Waals surface area contributed by atoms with Gasteiger partial charge in [0.05, 0.1) is 22.6 Å². The second-order valence-corrected chi connectivity index (χ2v) is 13.3. The van der Waals surface area contributed by atoms with E-state index in [2.05, 4.69) is 163 Å². The van der Waals surface area contributed by atoms with E-state index in [9.17, 15) is 0 Å². The highest BCUT2D eigenvalue weighted by molar-refractivity contribution is 6.25. The van der Waals surface area contributed by atoms with E-state index < -0.39 is 0 Å². The Bertz CT molecular complexity index is 2600. The lowest BCUT2D eigenvalue weighted by Gasteiger charge is -2.35. The standard InChI is InChI=1S/C43H32N2/c1-43(2)34-19-9-6-17-32(34)42-40-27(13-12-20-35(40)43)25-39-41(42)33-18-8-11-22-37(33)45(39)29-23-24-31-30-16-7-10-21-36(30)44(38(31)26-29)28-14-4-3-5-15-28/h3-14,16-26,28H,15H2,1-2H3. The normalized spacial score (nSPS) is 16.8. The molecule has 2 aromatic heterocycles. The van der Waals surface area contributed by atoms with Crippen molar-refractivity contribution in [1.29, 1.82) is 0 Å². The maximum absolute atomic E-state index is 2.55. The van der Waals surface area contributed by atoms with Crippen molar-refractivity contribution in [3.05, 3.63) is 151 Å². The van der Waals surface area contributed by atoms with Crippen LogP contribution in [0.15, 0.2) is 140 Å². The fourth-order valence-electron chi connectivity index (χ4n) is 8.60. The van der Waals surface area contributed by atoms with E-state index in [0.717, 1.165) is 6.42 Å². The second kappa shape index (κ2) is 8.86. The van der Waals surface area contributed by atoms with Gasteiger partial charge in [0, 0.05) is 43.7 Å². The number of hydrogen-bond donors (Lipinski definition) is 0. The molecule has 0 radical (unpaired) electrons. The minimum absolute atomic E-state index is 0.0731. The molecule has 214 valence electrons. The zero-order valence-corrected chi connectivity index (χ0v) is 25.5. The molecule has 2 aliphatic carbocycles. The molecule has 0 saturated carbocycles. The molecule has 0 saturated heterocycles. The SMILES string of the molecule is CC1(C)c2ccccc2-c2c3c1cccc3cc1c2c2ccccc2n1-c1ccc2c3ccccc3n(C3C=CC=CC3)c2c1. The van der Waals surface area contributed by atoms with Gasteiger partial charge in [-0.05, 0) is 64.2 Å². The Morgan fingerprint density at radius 1 is 0.600 bits per heavy atom. The summed E-state index contributed by atoms with van der Waals surface area (Å²) in [6.07, 6.45) is 9.97. The molecule has 0 N–H and O–H groups in total. The molecular weight excluding hydrogens is 544 g/mol. The monoisotopic (exact) mass is 576 g/mol. The third-order valence-corrected chi connectivity index (χ3v) is 10.6. The van der Waals surface area contributed by atoms with Crippen molar-refractivity contribution in [3.63, 3.8) is 0 Å². The minimum atomic E-state index is -0.0731. The Morgan fingerprint density at radius 2 is 1.36 bits per heavy atom. The van der Waals surface area contributed by atoms with E-state index >= 15 is 0 Å². The Hall–Kier alpha value is -5.34. The Morgan fingerprint density at radius 3 is 2.22 bits per heavy atom. The number of allylic oxidation sites excluding steroid dienone is 4. The molecule has 0 aliphatic heterocycles. The van der Waals surface area contributed by atoms with Gasteiger partial charge in [0.2, 0.25) is 0 Å². The fraction of sp³-hybridized carbons (Fsp3) is 0.116. The van der Waals surface area contributed by atoms with Crippen molar-refractivity contribution in [1.82, 2.24) is 9.13 Å². The third kappa shape index (κ3) is 3.24. The van der Waals surface area contributed by atoms with Gasteiger partial charge in [0.1, 0.15) is 0 Å². The average molecular weight is 577 g/mol. The largest absolute Gasteiger partial charge is 0.333 e. The summed E-state index contributed by atoms with van der Waals surface area (Å²) in [5.74, 6) is 0. The first-order chi connectivity index (χ1) is 22.1. The van der Waals surface area contributed by atoms with Crippen LogP contribution in [0, 0.1) is 0 Å². The van der Waals surface area contributed by atoms with Crippen LogP contribution in [0.25, 0.3) is 71.2 Å². The molecule has 2 nitrogen and oxygen atoms in total. The van der Waals surface area contributed by atoms with Crippen molar-refractivity contribution < 1.29 is 0 Å². The molecule has 0 amide bonds. The van der Waals surface area contributed by atoms with Gasteiger partial charge >= 0.3 is 0 Å². The molecule has 1 unspecified atom stereocenters. The molecule has 0 fully saturated rings. The second-order valence-electron chi connectivity index (χ2n) is 13.3. The van der Waals surface area contributed by atoms with E-state index in [4.69, 9.17) is 0 Å². The first-order valence-corrected chi connectivity index (χ1v) is 16.1. The lowest BCUT2D eigenvalue weighted by atomic mass is 9.68. The summed E-state index contributed by atoms with van der Waals surface area (Å²) in [6.45, 7) is 4.76. The fourth-order valence-corrected chi connectivity index (χ4v) is 8.60. The molecule has 0 bridgehead atoms. The number of nitrogens with zero attached hydrogens (tertiary/aromatic N) is 2. The topological polar surface area (TPSA) is 9.86 Å². The highest BCUT2D eigenvalue weighted by Gasteiger charge is 2.35. The number of rotatable bonds is 2. The van der Waals surface area contributed by atoms with Crippen molar-refractivity contribution >= 4 is 54.4 Å². The predicted molar refractivity (Wildman–Crippen MR) is 191 cm³/mol. The molecule has 10 rings (SSSR count). The minimum Gasteiger partial charge on any atom is -0.333 e. The average Bonchev–Trinajstić information content (AvgIpc) is 3.59. The van der Waals surface area contributed by atoms with Gasteiger partial charge in [-0.1, -0.05) is 123 Å². The predicted octanol–water partition coefficient (Wildman–Crippen LogP) is 11.4. The summed E-state index contributed by atoms with van der Waals surface area (Å²) >= 11 is 0. The van der Waals surface area contributed by atoms with Crippen molar-refractivity contribution in [3.8, 4) is 16.8 Å². The number of benzene rings is 6. The van der Waals surface area contributed by atoms with Crippen LogP contribution in [0.5, 0.6) is 0 Å². The van der Waals surface area contributed by atoms with E-state index in [1.807, 2.05) is 0 Å². The molecule has 8 aromatic rings. The highest BCUT2D eigenvalue weighted by atomic mass is 15.0. The summed E-state index contributed by atoms with van der Waals surface area (Å²) in [5.41, 5.74) is 11.7. The van der Waals surface area contributed by atoms with Gasteiger partial charge in [-0.25, -0.2) is 0 Å². The lowest BCUT2D eigenvalue weighted by Crippen LogP contribution is -2.23. The molecule has 45 heavy (non-hydrogen) atoms. The van der Waals surface area contributed by atoms with E-state index in [1.54, 1.807) is 0 Å². The summed E-state index contributed by atoms with van der Waals surface area (Å²) < 4.78 is 5.06. The van der Waals surface area contributed by atoms with Gasteiger partial charge in [-0.3, -0.25) is 0 Å². The first-order valence-electron chi connectivity index (χ1n) is 16.1. The number of aromatic nitrogens is 2. The molecular formula is C43H32N2. The highest BCUT2D eigenvalue weighted by Crippen LogP contribution is 2.53. The maximum atomic E-state index is 2.55. The van der Waals surface area contributed by atoms with Crippen LogP contribution in [-0.4, -0.2) is 9.13 Å². The van der Waals surface area contributed by atoms with E-state index in [0.29, 0.717) is 0 Å². The smallest absolute Gasteiger partial charge is 0.0560 e. The number of hydrogen-bond acceptors (Lipinski definition) is 0. The van der Waals surface area contributed by atoms with Gasteiger partial charge in [-0.2, -0.15) is 0 Å². The Kier molecular flexibility index (Phi) is 4.93. The summed E-state index contributed by atoms with van der Waals surface area (Å²) in [5, 5.41) is 7.95. The van der Waals surface area contributed by atoms with Crippen molar-refractivity contribution in [2.75, 3.05) is 0 Å². The summed E-state index contributed by atoms with van der Waals surface area (Å²) in [6, 6.07) is 43.6. The molecule has 2 heteroatoms. The quantitative estimate of drug-likeness (QED) is 0.194. The Labute approximate surface area is 262 Å². The molecule has 0 spiro atoms. The van der Waals surface area contributed by atoms with Crippen LogP contribution < -0.4 is 0 Å². The summed E-state index contributed by atoms with van der Waals surface area (Å²) in [7, 11) is 0. The summed E-state index contributed by atoms with van der Waals surface area (Å²) in [4.78, 5) is 0. The Balaban J connectivity index is 1.35. The lowest BCUT2D eigenvalue weighted by molar-refractivity contribution is 0.645. The van der Waals surface area contributed by atoms with Crippen LogP contribution >= 0.6 is 0 Å². The zero-order chi connectivity index (χ0) is 29.9. The van der Waals surface area contributed by atoms with Crippen LogP contribution in [-0.2, 0) is 5.41 Å². The molecule has 1 atom stereocenters. The van der Waals surface area contributed by atoms with Gasteiger partial charge in [-0.15, -0.1) is 0 Å². The maximum Gasteiger partial charge on any atom is 0.0560 e. The van der Waals surface area contributed by atoms with Gasteiger partial charge in [0.25, 0.3) is 0 Å². The van der Waals surface area contributed by atoms with Crippen molar-refractivity contribution in [2.24, 2.45) is 0 Å². The van der Waals surface area contributed by atoms with Crippen LogP contribution in [0.4, 0.5) is 0 Å². The zero-order valence-electron chi connectivity index (χ0n) is 25.5. The van der Waals surface area contributed by atoms with Gasteiger partial charge < -0.3 is 9.13 Å². The first kappa shape index (κ1) is 25.0. The molecule has 2 aliphatic rings. The van der Waals surface area contributed by atoms with Crippen LogP contribution in [0.2, 0.25) is 0 Å². The van der Waals surface area contributed by atoms with E-state index in [-0.39, 0.29) is 11.5 Å².